The molecule has 0 heterocycles. The smallest absolute Gasteiger partial charge is 0.306 e. The first-order chi connectivity index (χ1) is 16.4. The van der Waals surface area contributed by atoms with Gasteiger partial charge >= 0.3 is 5.97 Å². The lowest BCUT2D eigenvalue weighted by Gasteiger charge is -2.21. The first-order valence-corrected chi connectivity index (χ1v) is 12.0. The maximum Gasteiger partial charge on any atom is 0.306 e. The number of carbonyl (C=O) groups excluding carboxylic acids is 3. The average molecular weight is 484 g/mol. The Bertz CT molecular complexity index is 960. The summed E-state index contributed by atoms with van der Waals surface area (Å²) in [4.78, 5) is 38.7. The Hall–Kier alpha value is -3.26. The molecule has 0 aliphatic heterocycles. The fourth-order valence-corrected chi connectivity index (χ4v) is 3.57. The van der Waals surface area contributed by atoms with Crippen molar-refractivity contribution >= 4 is 40.8 Å². The van der Waals surface area contributed by atoms with E-state index < -0.39 is 5.97 Å². The summed E-state index contributed by atoms with van der Waals surface area (Å²) >= 11 is 5.21. The van der Waals surface area contributed by atoms with Gasteiger partial charge in [-0.1, -0.05) is 50.2 Å². The van der Waals surface area contributed by atoms with Gasteiger partial charge in [-0.05, 0) is 48.8 Å². The van der Waals surface area contributed by atoms with Gasteiger partial charge in [-0.3, -0.25) is 14.4 Å². The van der Waals surface area contributed by atoms with Gasteiger partial charge in [-0.2, -0.15) is 0 Å². The molecule has 2 aromatic carbocycles. The fraction of sp³-hybridized carbons (Fsp3) is 0.385. The van der Waals surface area contributed by atoms with Crippen LogP contribution in [-0.4, -0.2) is 47.5 Å². The number of ether oxygens (including phenoxy) is 1. The number of hydrogen-bond acceptors (Lipinski definition) is 5. The second-order valence-corrected chi connectivity index (χ2v) is 8.24. The number of rotatable bonds is 12. The van der Waals surface area contributed by atoms with Crippen LogP contribution in [0.1, 0.15) is 55.5 Å². The number of amides is 2. The molecule has 0 radical (unpaired) electrons. The molecule has 0 aromatic heterocycles. The zero-order valence-electron chi connectivity index (χ0n) is 19.8. The van der Waals surface area contributed by atoms with E-state index in [0.717, 1.165) is 18.4 Å². The molecule has 0 fully saturated rings. The molecule has 0 aliphatic carbocycles. The maximum absolute atomic E-state index is 12.8. The van der Waals surface area contributed by atoms with Gasteiger partial charge in [0.25, 0.3) is 5.91 Å². The van der Waals surface area contributed by atoms with Crippen LogP contribution in [0.5, 0.6) is 0 Å². The molecule has 2 rings (SSSR count). The molecule has 2 aromatic rings. The van der Waals surface area contributed by atoms with Crippen molar-refractivity contribution in [3.8, 4) is 0 Å². The first-order valence-electron chi connectivity index (χ1n) is 11.6. The van der Waals surface area contributed by atoms with Gasteiger partial charge in [-0.15, -0.1) is 0 Å². The second-order valence-electron chi connectivity index (χ2n) is 7.83. The predicted octanol–water partition coefficient (Wildman–Crippen LogP) is 4.33. The SMILES string of the molecule is CCCN(CCC)C(=O)c1cccc(NC(=S)NC(=O)CCC(=O)OCCc2ccccc2)c1. The summed E-state index contributed by atoms with van der Waals surface area (Å²) in [5.74, 6) is -0.852. The molecule has 0 atom stereocenters. The van der Waals surface area contributed by atoms with E-state index in [-0.39, 0.29) is 36.4 Å². The number of nitrogens with one attached hydrogen (secondary N) is 2. The molecule has 2 N–H and O–H groups in total. The topological polar surface area (TPSA) is 87.7 Å². The normalized spacial score (nSPS) is 10.3. The van der Waals surface area contributed by atoms with Crippen molar-refractivity contribution in [2.75, 3.05) is 25.0 Å². The molecular formula is C26H33N3O4S. The van der Waals surface area contributed by atoms with Crippen LogP contribution in [0.15, 0.2) is 54.6 Å². The summed E-state index contributed by atoms with van der Waals surface area (Å²) < 4.78 is 5.18. The third-order valence-corrected chi connectivity index (χ3v) is 5.15. The maximum atomic E-state index is 12.8. The summed E-state index contributed by atoms with van der Waals surface area (Å²) in [5, 5.41) is 5.58. The number of carbonyl (C=O) groups is 3. The first kappa shape index (κ1) is 27.0. The molecule has 0 saturated carbocycles. The summed E-state index contributed by atoms with van der Waals surface area (Å²) in [6, 6.07) is 16.7. The fourth-order valence-electron chi connectivity index (χ4n) is 3.33. The molecule has 34 heavy (non-hydrogen) atoms. The van der Waals surface area contributed by atoms with Gasteiger partial charge in [0, 0.05) is 37.2 Å². The van der Waals surface area contributed by atoms with E-state index in [2.05, 4.69) is 10.6 Å². The number of anilines is 1. The lowest BCUT2D eigenvalue weighted by atomic mass is 10.1. The van der Waals surface area contributed by atoms with E-state index in [1.165, 1.54) is 0 Å². The molecule has 8 heteroatoms. The van der Waals surface area contributed by atoms with Crippen LogP contribution in [0.2, 0.25) is 0 Å². The number of nitrogens with zero attached hydrogens (tertiary/aromatic N) is 1. The molecule has 0 bridgehead atoms. The van der Waals surface area contributed by atoms with Crippen molar-refractivity contribution in [2.45, 2.75) is 46.0 Å². The Morgan fingerprint density at radius 2 is 1.65 bits per heavy atom. The van der Waals surface area contributed by atoms with Gasteiger partial charge in [-0.25, -0.2) is 0 Å². The van der Waals surface area contributed by atoms with Crippen molar-refractivity contribution in [1.82, 2.24) is 10.2 Å². The number of benzene rings is 2. The van der Waals surface area contributed by atoms with Crippen LogP contribution < -0.4 is 10.6 Å². The van der Waals surface area contributed by atoms with Crippen LogP contribution in [0.4, 0.5) is 5.69 Å². The third kappa shape index (κ3) is 9.70. The predicted molar refractivity (Wildman–Crippen MR) is 138 cm³/mol. The highest BCUT2D eigenvalue weighted by Gasteiger charge is 2.15. The molecular weight excluding hydrogens is 450 g/mol. The van der Waals surface area contributed by atoms with E-state index in [1.54, 1.807) is 24.3 Å². The molecule has 0 unspecified atom stereocenters. The highest BCUT2D eigenvalue weighted by atomic mass is 32.1. The minimum Gasteiger partial charge on any atom is -0.465 e. The summed E-state index contributed by atoms with van der Waals surface area (Å²) in [6.07, 6.45) is 2.34. The van der Waals surface area contributed by atoms with Gasteiger partial charge < -0.3 is 20.3 Å². The van der Waals surface area contributed by atoms with Crippen molar-refractivity contribution in [3.05, 3.63) is 65.7 Å². The molecule has 0 saturated heterocycles. The van der Waals surface area contributed by atoms with Gasteiger partial charge in [0.05, 0.1) is 13.0 Å². The minimum absolute atomic E-state index is 0.0298. The van der Waals surface area contributed by atoms with Crippen LogP contribution in [-0.2, 0) is 20.7 Å². The Kier molecular flexibility index (Phi) is 11.7. The summed E-state index contributed by atoms with van der Waals surface area (Å²) in [5.41, 5.74) is 2.24. The highest BCUT2D eigenvalue weighted by molar-refractivity contribution is 7.80. The lowest BCUT2D eigenvalue weighted by Crippen LogP contribution is -2.34. The Morgan fingerprint density at radius 1 is 0.941 bits per heavy atom. The number of hydrogen-bond donors (Lipinski definition) is 2. The molecule has 0 spiro atoms. The Morgan fingerprint density at radius 3 is 2.32 bits per heavy atom. The van der Waals surface area contributed by atoms with Crippen molar-refractivity contribution in [2.24, 2.45) is 0 Å². The van der Waals surface area contributed by atoms with E-state index in [0.29, 0.717) is 30.8 Å². The van der Waals surface area contributed by atoms with Crippen molar-refractivity contribution in [3.63, 3.8) is 0 Å². The zero-order valence-corrected chi connectivity index (χ0v) is 20.7. The van der Waals surface area contributed by atoms with Gasteiger partial charge in [0.15, 0.2) is 5.11 Å². The van der Waals surface area contributed by atoms with Crippen molar-refractivity contribution < 1.29 is 19.1 Å². The van der Waals surface area contributed by atoms with E-state index in [1.807, 2.05) is 49.1 Å². The second kappa shape index (κ2) is 14.8. The minimum atomic E-state index is -0.431. The summed E-state index contributed by atoms with van der Waals surface area (Å²) in [6.45, 7) is 5.76. The lowest BCUT2D eigenvalue weighted by molar-refractivity contribution is -0.144. The molecule has 182 valence electrons. The molecule has 2 amide bonds. The zero-order chi connectivity index (χ0) is 24.8. The van der Waals surface area contributed by atoms with E-state index in [4.69, 9.17) is 17.0 Å². The standard InChI is InChI=1S/C26H33N3O4S/c1-3-16-29(17-4-2)25(32)21-11-8-12-22(19-21)27-26(34)28-23(30)13-14-24(31)33-18-15-20-9-6-5-7-10-20/h5-12,19H,3-4,13-18H2,1-2H3,(H2,27,28,30,34). The highest BCUT2D eigenvalue weighted by Crippen LogP contribution is 2.14. The average Bonchev–Trinajstić information content (AvgIpc) is 2.83. The number of esters is 1. The quantitative estimate of drug-likeness (QED) is 0.345. The van der Waals surface area contributed by atoms with Crippen LogP contribution in [0.25, 0.3) is 0 Å². The van der Waals surface area contributed by atoms with Crippen LogP contribution in [0.3, 0.4) is 0 Å². The Labute approximate surface area is 206 Å². The van der Waals surface area contributed by atoms with Crippen molar-refractivity contribution in [1.29, 1.82) is 0 Å². The summed E-state index contributed by atoms with van der Waals surface area (Å²) in [7, 11) is 0. The van der Waals surface area contributed by atoms with Crippen LogP contribution >= 0.6 is 12.2 Å². The third-order valence-electron chi connectivity index (χ3n) is 4.95. The van der Waals surface area contributed by atoms with Crippen LogP contribution in [0, 0.1) is 0 Å². The largest absolute Gasteiger partial charge is 0.465 e. The van der Waals surface area contributed by atoms with Gasteiger partial charge in [0.2, 0.25) is 5.91 Å². The molecule has 0 aliphatic rings. The molecule has 7 nitrogen and oxygen atoms in total. The van der Waals surface area contributed by atoms with Gasteiger partial charge in [0.1, 0.15) is 0 Å². The Balaban J connectivity index is 1.76. The van der Waals surface area contributed by atoms with E-state index in [9.17, 15) is 14.4 Å². The monoisotopic (exact) mass is 483 g/mol. The van der Waals surface area contributed by atoms with E-state index >= 15 is 0 Å². The number of thiocarbonyl (C=S) groups is 1.